The number of hydrogen-bond acceptors (Lipinski definition) is 6. The maximum atomic E-state index is 12.3. The third kappa shape index (κ3) is 4.69. The average molecular weight is 458 g/mol. The number of anilines is 4. The Hall–Kier alpha value is -2.45. The van der Waals surface area contributed by atoms with E-state index in [-0.39, 0.29) is 27.9 Å². The van der Waals surface area contributed by atoms with Crippen molar-refractivity contribution in [2.24, 2.45) is 0 Å². The van der Waals surface area contributed by atoms with Crippen LogP contribution in [0.25, 0.3) is 0 Å². The summed E-state index contributed by atoms with van der Waals surface area (Å²) in [5.41, 5.74) is 12.1. The lowest BCUT2D eigenvalue weighted by Crippen LogP contribution is -2.30. The lowest BCUT2D eigenvalue weighted by atomic mass is 10.2. The SMILES string of the molecule is Nc1c(NNC(=O)c2ccc(Cl)cc2Cl)ncnc1Nc1cc(Cl)ccc1Cl. The van der Waals surface area contributed by atoms with Gasteiger partial charge in [-0.15, -0.1) is 0 Å². The first-order valence-electron chi connectivity index (χ1n) is 7.69. The van der Waals surface area contributed by atoms with Crippen molar-refractivity contribution < 1.29 is 4.79 Å². The number of nitrogen functional groups attached to an aromatic ring is 1. The van der Waals surface area contributed by atoms with Crippen LogP contribution in [0.4, 0.5) is 23.0 Å². The fourth-order valence-electron chi connectivity index (χ4n) is 2.17. The third-order valence-electron chi connectivity index (χ3n) is 3.54. The summed E-state index contributed by atoms with van der Waals surface area (Å²) in [5.74, 6) is -0.0402. The molecule has 1 aromatic heterocycles. The largest absolute Gasteiger partial charge is 0.393 e. The summed E-state index contributed by atoms with van der Waals surface area (Å²) in [6.07, 6.45) is 1.26. The number of carbonyl (C=O) groups is 1. The molecule has 0 unspecified atom stereocenters. The van der Waals surface area contributed by atoms with E-state index in [1.807, 2.05) is 0 Å². The summed E-state index contributed by atoms with van der Waals surface area (Å²) < 4.78 is 0. The Morgan fingerprint density at radius 1 is 0.893 bits per heavy atom. The highest BCUT2D eigenvalue weighted by atomic mass is 35.5. The van der Waals surface area contributed by atoms with Crippen LogP contribution in [0.1, 0.15) is 10.4 Å². The molecule has 0 aliphatic rings. The summed E-state index contributed by atoms with van der Waals surface area (Å²) in [6.45, 7) is 0. The molecule has 11 heteroatoms. The molecule has 0 bridgehead atoms. The summed E-state index contributed by atoms with van der Waals surface area (Å²) >= 11 is 24.0. The Morgan fingerprint density at radius 3 is 2.32 bits per heavy atom. The molecule has 0 atom stereocenters. The molecular weight excluding hydrogens is 446 g/mol. The van der Waals surface area contributed by atoms with Crippen molar-refractivity contribution in [3.05, 3.63) is 68.4 Å². The summed E-state index contributed by atoms with van der Waals surface area (Å²) in [5, 5.41) is 4.53. The van der Waals surface area contributed by atoms with E-state index < -0.39 is 5.91 Å². The molecule has 0 saturated heterocycles. The molecule has 3 rings (SSSR count). The monoisotopic (exact) mass is 456 g/mol. The number of benzene rings is 2. The number of nitrogens with one attached hydrogen (secondary N) is 3. The fourth-order valence-corrected chi connectivity index (χ4v) is 3.00. The van der Waals surface area contributed by atoms with E-state index >= 15 is 0 Å². The number of amides is 1. The van der Waals surface area contributed by atoms with Crippen molar-refractivity contribution in [1.29, 1.82) is 0 Å². The first-order valence-corrected chi connectivity index (χ1v) is 9.20. The molecule has 144 valence electrons. The van der Waals surface area contributed by atoms with Crippen LogP contribution in [-0.2, 0) is 0 Å². The van der Waals surface area contributed by atoms with Gasteiger partial charge in [-0.1, -0.05) is 46.4 Å². The zero-order chi connectivity index (χ0) is 20.3. The maximum absolute atomic E-state index is 12.3. The topological polar surface area (TPSA) is 105 Å². The minimum absolute atomic E-state index is 0.154. The second-order valence-electron chi connectivity index (χ2n) is 5.44. The van der Waals surface area contributed by atoms with Crippen LogP contribution in [0.3, 0.4) is 0 Å². The molecule has 0 fully saturated rings. The number of rotatable bonds is 5. The quantitative estimate of drug-likeness (QED) is 0.394. The molecule has 28 heavy (non-hydrogen) atoms. The van der Waals surface area contributed by atoms with E-state index in [2.05, 4.69) is 26.1 Å². The second-order valence-corrected chi connectivity index (χ2v) is 7.12. The molecule has 0 saturated carbocycles. The predicted octanol–water partition coefficient (Wildman–Crippen LogP) is 5.17. The average Bonchev–Trinajstić information content (AvgIpc) is 2.65. The molecule has 0 radical (unpaired) electrons. The molecule has 5 N–H and O–H groups in total. The first-order chi connectivity index (χ1) is 13.3. The van der Waals surface area contributed by atoms with Gasteiger partial charge in [0.2, 0.25) is 0 Å². The Morgan fingerprint density at radius 2 is 1.57 bits per heavy atom. The molecule has 7 nitrogen and oxygen atoms in total. The summed E-state index contributed by atoms with van der Waals surface area (Å²) in [4.78, 5) is 20.4. The molecule has 0 spiro atoms. The van der Waals surface area contributed by atoms with Crippen molar-refractivity contribution >= 4 is 75.3 Å². The lowest BCUT2D eigenvalue weighted by molar-refractivity contribution is 0.0962. The van der Waals surface area contributed by atoms with Crippen LogP contribution in [-0.4, -0.2) is 15.9 Å². The van der Waals surface area contributed by atoms with Crippen molar-refractivity contribution in [1.82, 2.24) is 15.4 Å². The van der Waals surface area contributed by atoms with E-state index in [0.717, 1.165) is 0 Å². The van der Waals surface area contributed by atoms with Crippen LogP contribution in [0.5, 0.6) is 0 Å². The van der Waals surface area contributed by atoms with Gasteiger partial charge in [-0.2, -0.15) is 0 Å². The zero-order valence-corrected chi connectivity index (χ0v) is 17.0. The Bertz CT molecular complexity index is 1050. The third-order valence-corrected chi connectivity index (χ3v) is 4.65. The first kappa shape index (κ1) is 20.3. The number of hydrazine groups is 1. The number of halogens is 4. The van der Waals surface area contributed by atoms with Gasteiger partial charge in [0.05, 0.1) is 21.3 Å². The standard InChI is InChI=1S/C17H12Cl4N6O/c18-8-1-3-10(12(21)5-8)17(28)27-26-16-14(22)15(23-7-24-16)25-13-6-9(19)2-4-11(13)20/h1-7H,22H2,(H,27,28)(H2,23,24,25,26). The Labute approximate surface area is 180 Å². The lowest BCUT2D eigenvalue weighted by Gasteiger charge is -2.14. The molecule has 0 aliphatic heterocycles. The van der Waals surface area contributed by atoms with E-state index in [9.17, 15) is 4.79 Å². The minimum Gasteiger partial charge on any atom is -0.393 e. The van der Waals surface area contributed by atoms with Crippen molar-refractivity contribution in [2.45, 2.75) is 0 Å². The number of hydrogen-bond donors (Lipinski definition) is 4. The number of nitrogens with zero attached hydrogens (tertiary/aromatic N) is 2. The van der Waals surface area contributed by atoms with E-state index in [4.69, 9.17) is 52.1 Å². The van der Waals surface area contributed by atoms with Gasteiger partial charge >= 0.3 is 0 Å². The van der Waals surface area contributed by atoms with E-state index in [0.29, 0.717) is 20.8 Å². The van der Waals surface area contributed by atoms with Crippen molar-refractivity contribution in [3.8, 4) is 0 Å². The number of carbonyl (C=O) groups excluding carboxylic acids is 1. The van der Waals surface area contributed by atoms with Crippen LogP contribution in [0.15, 0.2) is 42.7 Å². The Kier molecular flexibility index (Phi) is 6.31. The number of aromatic nitrogens is 2. The number of nitrogens with two attached hydrogens (primary N) is 1. The van der Waals surface area contributed by atoms with Gasteiger partial charge < -0.3 is 11.1 Å². The molecule has 3 aromatic rings. The minimum atomic E-state index is -0.493. The molecule has 1 heterocycles. The maximum Gasteiger partial charge on any atom is 0.271 e. The van der Waals surface area contributed by atoms with E-state index in [1.54, 1.807) is 24.3 Å². The Balaban J connectivity index is 1.76. The molecular formula is C17H12Cl4N6O. The van der Waals surface area contributed by atoms with E-state index in [1.165, 1.54) is 18.5 Å². The molecule has 0 aliphatic carbocycles. The predicted molar refractivity (Wildman–Crippen MR) is 114 cm³/mol. The second kappa shape index (κ2) is 8.70. The fraction of sp³-hybridized carbons (Fsp3) is 0. The van der Waals surface area contributed by atoms with Gasteiger partial charge in [0.25, 0.3) is 5.91 Å². The van der Waals surface area contributed by atoms with Crippen LogP contribution in [0.2, 0.25) is 20.1 Å². The van der Waals surface area contributed by atoms with Crippen molar-refractivity contribution in [2.75, 3.05) is 16.5 Å². The van der Waals surface area contributed by atoms with Crippen LogP contribution >= 0.6 is 46.4 Å². The van der Waals surface area contributed by atoms with Gasteiger partial charge in [-0.05, 0) is 36.4 Å². The smallest absolute Gasteiger partial charge is 0.271 e. The highest BCUT2D eigenvalue weighted by molar-refractivity contribution is 6.37. The van der Waals surface area contributed by atoms with Crippen LogP contribution in [0, 0.1) is 0 Å². The van der Waals surface area contributed by atoms with Gasteiger partial charge in [0.1, 0.15) is 12.0 Å². The van der Waals surface area contributed by atoms with Gasteiger partial charge in [0, 0.05) is 10.0 Å². The van der Waals surface area contributed by atoms with Crippen LogP contribution < -0.4 is 21.9 Å². The highest BCUT2D eigenvalue weighted by Crippen LogP contribution is 2.31. The van der Waals surface area contributed by atoms with Gasteiger partial charge in [-0.25, -0.2) is 9.97 Å². The molecule has 1 amide bonds. The zero-order valence-electron chi connectivity index (χ0n) is 13.9. The van der Waals surface area contributed by atoms with Crippen molar-refractivity contribution in [3.63, 3.8) is 0 Å². The normalized spacial score (nSPS) is 10.4. The van der Waals surface area contributed by atoms with Gasteiger partial charge in [0.15, 0.2) is 11.6 Å². The molecule has 2 aromatic carbocycles. The highest BCUT2D eigenvalue weighted by Gasteiger charge is 2.14. The summed E-state index contributed by atoms with van der Waals surface area (Å²) in [6, 6.07) is 9.44. The van der Waals surface area contributed by atoms with Gasteiger partial charge in [-0.3, -0.25) is 15.6 Å². The summed E-state index contributed by atoms with van der Waals surface area (Å²) in [7, 11) is 0.